The summed E-state index contributed by atoms with van der Waals surface area (Å²) in [4.78, 5) is 11.2. The average Bonchev–Trinajstić information content (AvgIpc) is 1.81. The lowest BCUT2D eigenvalue weighted by molar-refractivity contribution is -0.862. The zero-order valence-corrected chi connectivity index (χ0v) is 9.46. The lowest BCUT2D eigenvalue weighted by Crippen LogP contribution is -2.40. The fraction of sp³-hybridized carbons (Fsp3) is 0.900. The molecule has 0 unspecified atom stereocenters. The largest absolute Gasteiger partial charge is 0.462 e. The maximum Gasteiger partial charge on any atom is 0.361 e. The van der Waals surface area contributed by atoms with Gasteiger partial charge >= 0.3 is 5.97 Å². The van der Waals surface area contributed by atoms with Crippen LogP contribution in [0.25, 0.3) is 0 Å². The Morgan fingerprint density at radius 3 is 2.23 bits per heavy atom. The fourth-order valence-corrected chi connectivity index (χ4v) is 0.841. The SMILES string of the molecule is CC(C)CCOC(=O)C[N+](C)(C)C. The molecule has 3 nitrogen and oxygen atoms in total. The Hall–Kier alpha value is -0.570. The Morgan fingerprint density at radius 1 is 1.31 bits per heavy atom. The molecular formula is C10H22NO2+. The van der Waals surface area contributed by atoms with Crippen molar-refractivity contribution in [2.24, 2.45) is 5.92 Å². The minimum Gasteiger partial charge on any atom is -0.462 e. The van der Waals surface area contributed by atoms with Crippen molar-refractivity contribution in [3.63, 3.8) is 0 Å². The molecule has 0 N–H and O–H groups in total. The predicted octanol–water partition coefficient (Wildman–Crippen LogP) is 1.28. The molecule has 0 bridgehead atoms. The van der Waals surface area contributed by atoms with Gasteiger partial charge in [0, 0.05) is 0 Å². The van der Waals surface area contributed by atoms with Crippen LogP contribution in [0.5, 0.6) is 0 Å². The van der Waals surface area contributed by atoms with Crippen LogP contribution in [0.1, 0.15) is 20.3 Å². The van der Waals surface area contributed by atoms with Crippen molar-refractivity contribution < 1.29 is 14.0 Å². The highest BCUT2D eigenvalue weighted by molar-refractivity contribution is 5.70. The van der Waals surface area contributed by atoms with Crippen molar-refractivity contribution in [1.29, 1.82) is 0 Å². The molecule has 13 heavy (non-hydrogen) atoms. The summed E-state index contributed by atoms with van der Waals surface area (Å²) in [6.45, 7) is 5.23. The molecule has 0 aromatic carbocycles. The minimum absolute atomic E-state index is 0.104. The second kappa shape index (κ2) is 5.22. The standard InChI is InChI=1S/C10H22NO2/c1-9(2)6-7-13-10(12)8-11(3,4)5/h9H,6-8H2,1-5H3/q+1. The first-order valence-electron chi connectivity index (χ1n) is 4.77. The zero-order valence-electron chi connectivity index (χ0n) is 9.46. The number of hydrogen-bond acceptors (Lipinski definition) is 2. The number of carbonyl (C=O) groups excluding carboxylic acids is 1. The molecule has 0 aromatic heterocycles. The molecule has 0 aliphatic rings. The molecule has 0 saturated heterocycles. The molecule has 0 spiro atoms. The van der Waals surface area contributed by atoms with Gasteiger partial charge in [0.2, 0.25) is 0 Å². The van der Waals surface area contributed by atoms with Gasteiger partial charge in [-0.3, -0.25) is 0 Å². The Labute approximate surface area is 81.3 Å². The second-order valence-electron chi connectivity index (χ2n) is 4.85. The van der Waals surface area contributed by atoms with Crippen molar-refractivity contribution in [1.82, 2.24) is 0 Å². The molecule has 0 rings (SSSR count). The van der Waals surface area contributed by atoms with Gasteiger partial charge in [0.1, 0.15) is 0 Å². The number of ether oxygens (including phenoxy) is 1. The third-order valence-electron chi connectivity index (χ3n) is 1.56. The molecule has 0 amide bonds. The molecular weight excluding hydrogens is 166 g/mol. The van der Waals surface area contributed by atoms with E-state index in [0.29, 0.717) is 23.6 Å². The van der Waals surface area contributed by atoms with Crippen molar-refractivity contribution in [3.05, 3.63) is 0 Å². The van der Waals surface area contributed by atoms with Gasteiger partial charge < -0.3 is 9.22 Å². The summed E-state index contributed by atoms with van der Waals surface area (Å²) in [5.41, 5.74) is 0. The smallest absolute Gasteiger partial charge is 0.361 e. The van der Waals surface area contributed by atoms with Crippen LogP contribution in [-0.4, -0.2) is 44.7 Å². The molecule has 0 atom stereocenters. The van der Waals surface area contributed by atoms with Crippen LogP contribution >= 0.6 is 0 Å². The van der Waals surface area contributed by atoms with E-state index in [1.165, 1.54) is 0 Å². The number of quaternary nitrogens is 1. The van der Waals surface area contributed by atoms with Crippen LogP contribution in [0.15, 0.2) is 0 Å². The van der Waals surface area contributed by atoms with Crippen molar-refractivity contribution in [2.75, 3.05) is 34.3 Å². The predicted molar refractivity (Wildman–Crippen MR) is 53.3 cm³/mol. The molecule has 3 heteroatoms. The van der Waals surface area contributed by atoms with Crippen LogP contribution in [0.2, 0.25) is 0 Å². The molecule has 0 aromatic rings. The van der Waals surface area contributed by atoms with Gasteiger partial charge in [-0.15, -0.1) is 0 Å². The van der Waals surface area contributed by atoms with E-state index in [4.69, 9.17) is 4.74 Å². The van der Waals surface area contributed by atoms with E-state index < -0.39 is 0 Å². The number of nitrogens with zero attached hydrogens (tertiary/aromatic N) is 1. The molecule has 78 valence electrons. The van der Waals surface area contributed by atoms with Crippen molar-refractivity contribution in [3.8, 4) is 0 Å². The highest BCUT2D eigenvalue weighted by atomic mass is 16.5. The normalized spacial score (nSPS) is 11.8. The van der Waals surface area contributed by atoms with E-state index in [2.05, 4.69) is 13.8 Å². The van der Waals surface area contributed by atoms with Gasteiger partial charge in [-0.1, -0.05) is 13.8 Å². The van der Waals surface area contributed by atoms with E-state index in [0.717, 1.165) is 6.42 Å². The quantitative estimate of drug-likeness (QED) is 0.480. The lowest BCUT2D eigenvalue weighted by atomic mass is 10.1. The van der Waals surface area contributed by atoms with E-state index in [9.17, 15) is 4.79 Å². The molecule has 0 aliphatic heterocycles. The van der Waals surface area contributed by atoms with Crippen LogP contribution in [0, 0.1) is 5.92 Å². The third kappa shape index (κ3) is 9.34. The summed E-state index contributed by atoms with van der Waals surface area (Å²) in [6, 6.07) is 0. The molecule has 0 saturated carbocycles. The Kier molecular flexibility index (Phi) is 4.99. The van der Waals surface area contributed by atoms with Crippen LogP contribution < -0.4 is 0 Å². The lowest BCUT2D eigenvalue weighted by Gasteiger charge is -2.22. The van der Waals surface area contributed by atoms with Gasteiger partial charge in [-0.05, 0) is 12.3 Å². The Morgan fingerprint density at radius 2 is 1.85 bits per heavy atom. The third-order valence-corrected chi connectivity index (χ3v) is 1.56. The Bertz CT molecular complexity index is 159. The molecule has 0 aliphatic carbocycles. The number of likely N-dealkylation sites (N-methyl/N-ethyl adjacent to an activating group) is 1. The summed E-state index contributed by atoms with van der Waals surface area (Å²) in [5.74, 6) is 0.491. The van der Waals surface area contributed by atoms with E-state index in [1.807, 2.05) is 21.1 Å². The maximum atomic E-state index is 11.2. The second-order valence-corrected chi connectivity index (χ2v) is 4.85. The minimum atomic E-state index is -0.104. The topological polar surface area (TPSA) is 26.3 Å². The number of carbonyl (C=O) groups is 1. The van der Waals surface area contributed by atoms with Crippen LogP contribution in [-0.2, 0) is 9.53 Å². The summed E-state index contributed by atoms with van der Waals surface area (Å²) in [6.07, 6.45) is 0.947. The maximum absolute atomic E-state index is 11.2. The monoisotopic (exact) mass is 188 g/mol. The van der Waals surface area contributed by atoms with Gasteiger partial charge in [-0.25, -0.2) is 4.79 Å². The van der Waals surface area contributed by atoms with E-state index >= 15 is 0 Å². The van der Waals surface area contributed by atoms with E-state index in [1.54, 1.807) is 0 Å². The van der Waals surface area contributed by atoms with E-state index in [-0.39, 0.29) is 5.97 Å². The molecule has 0 heterocycles. The van der Waals surface area contributed by atoms with Crippen LogP contribution in [0.4, 0.5) is 0 Å². The number of rotatable bonds is 5. The summed E-state index contributed by atoms with van der Waals surface area (Å²) in [7, 11) is 5.93. The summed E-state index contributed by atoms with van der Waals surface area (Å²) < 4.78 is 5.70. The van der Waals surface area contributed by atoms with Crippen molar-refractivity contribution in [2.45, 2.75) is 20.3 Å². The Balaban J connectivity index is 3.53. The fourth-order valence-electron chi connectivity index (χ4n) is 0.841. The highest BCUT2D eigenvalue weighted by Crippen LogP contribution is 2.00. The van der Waals surface area contributed by atoms with Crippen LogP contribution in [0.3, 0.4) is 0 Å². The van der Waals surface area contributed by atoms with Gasteiger partial charge in [-0.2, -0.15) is 0 Å². The van der Waals surface area contributed by atoms with Gasteiger partial charge in [0.25, 0.3) is 0 Å². The first kappa shape index (κ1) is 12.4. The van der Waals surface area contributed by atoms with Gasteiger partial charge in [0.15, 0.2) is 6.54 Å². The first-order valence-corrected chi connectivity index (χ1v) is 4.77. The summed E-state index contributed by atoms with van der Waals surface area (Å²) in [5, 5.41) is 0. The average molecular weight is 188 g/mol. The zero-order chi connectivity index (χ0) is 10.5. The van der Waals surface area contributed by atoms with Gasteiger partial charge in [0.05, 0.1) is 27.7 Å². The molecule has 0 fully saturated rings. The number of hydrogen-bond donors (Lipinski definition) is 0. The molecule has 0 radical (unpaired) electrons. The highest BCUT2D eigenvalue weighted by Gasteiger charge is 2.15. The summed E-state index contributed by atoms with van der Waals surface area (Å²) >= 11 is 0. The number of esters is 1. The van der Waals surface area contributed by atoms with Crippen molar-refractivity contribution >= 4 is 5.97 Å². The first-order chi connectivity index (χ1) is 5.81.